The normalized spacial score (nSPS) is 28.4. The number of anilines is 4. The van der Waals surface area contributed by atoms with Gasteiger partial charge in [0, 0.05) is 50.3 Å². The second-order valence-electron chi connectivity index (χ2n) is 7.45. The van der Waals surface area contributed by atoms with Gasteiger partial charge in [-0.05, 0) is 12.8 Å². The van der Waals surface area contributed by atoms with Gasteiger partial charge in [0.25, 0.3) is 0 Å². The maximum Gasteiger partial charge on any atom is 0.235 e. The van der Waals surface area contributed by atoms with Crippen LogP contribution in [0.15, 0.2) is 5.51 Å². The third-order valence-electron chi connectivity index (χ3n) is 4.79. The van der Waals surface area contributed by atoms with E-state index < -0.39 is 0 Å². The van der Waals surface area contributed by atoms with Crippen molar-refractivity contribution in [3.8, 4) is 0 Å². The Balaban J connectivity index is 1.66. The molecule has 13 heteroatoms. The van der Waals surface area contributed by atoms with E-state index in [4.69, 9.17) is 22.9 Å². The molecule has 4 rings (SSSR count). The predicted octanol–water partition coefficient (Wildman–Crippen LogP) is -1.80. The second kappa shape index (κ2) is 8.05. The summed E-state index contributed by atoms with van der Waals surface area (Å²) in [6.07, 6.45) is 1.56. The zero-order chi connectivity index (χ0) is 19.7. The van der Waals surface area contributed by atoms with Crippen molar-refractivity contribution >= 4 is 34.3 Å². The van der Waals surface area contributed by atoms with Crippen LogP contribution in [0.5, 0.6) is 0 Å². The molecule has 12 nitrogen and oxygen atoms in total. The van der Waals surface area contributed by atoms with E-state index in [2.05, 4.69) is 30.5 Å². The summed E-state index contributed by atoms with van der Waals surface area (Å²) < 4.78 is 0. The number of piperidine rings is 2. The molecular formula is C15H26N12S. The van der Waals surface area contributed by atoms with E-state index in [0.29, 0.717) is 49.2 Å². The summed E-state index contributed by atoms with van der Waals surface area (Å²) >= 11 is 1.36. The summed E-state index contributed by atoms with van der Waals surface area (Å²) in [4.78, 5) is 17.8. The third-order valence-corrected chi connectivity index (χ3v) is 5.39. The molecular weight excluding hydrogens is 380 g/mol. The molecule has 0 unspecified atom stereocenters. The van der Waals surface area contributed by atoms with Crippen molar-refractivity contribution in [2.75, 3.05) is 41.3 Å². The molecule has 28 heavy (non-hydrogen) atoms. The first-order chi connectivity index (χ1) is 13.5. The molecule has 2 aliphatic heterocycles. The largest absolute Gasteiger partial charge is 0.338 e. The molecule has 0 aromatic carbocycles. The Morgan fingerprint density at radius 2 is 1.32 bits per heavy atom. The van der Waals surface area contributed by atoms with Gasteiger partial charge in [0.2, 0.25) is 23.0 Å². The molecule has 4 heterocycles. The van der Waals surface area contributed by atoms with E-state index in [9.17, 15) is 0 Å². The highest BCUT2D eigenvalue weighted by atomic mass is 32.1. The van der Waals surface area contributed by atoms with Crippen LogP contribution in [-0.2, 0) is 0 Å². The minimum Gasteiger partial charge on any atom is -0.338 e. The molecule has 2 aromatic heterocycles. The average molecular weight is 407 g/mol. The molecule has 0 spiro atoms. The number of hydrogen-bond donors (Lipinski definition) is 5. The van der Waals surface area contributed by atoms with Gasteiger partial charge in [-0.2, -0.15) is 15.0 Å². The van der Waals surface area contributed by atoms with Crippen LogP contribution in [0.2, 0.25) is 0 Å². The van der Waals surface area contributed by atoms with Gasteiger partial charge in [-0.25, -0.2) is 0 Å². The van der Waals surface area contributed by atoms with Gasteiger partial charge in [0.05, 0.1) is 0 Å². The van der Waals surface area contributed by atoms with E-state index >= 15 is 0 Å². The van der Waals surface area contributed by atoms with E-state index in [1.165, 1.54) is 11.3 Å². The van der Waals surface area contributed by atoms with Gasteiger partial charge in [0.1, 0.15) is 5.51 Å². The fraction of sp³-hybridized carbons (Fsp3) is 0.667. The molecule has 152 valence electrons. The molecule has 9 N–H and O–H groups in total. The zero-order valence-corrected chi connectivity index (χ0v) is 16.3. The number of hydrogen-bond acceptors (Lipinski definition) is 13. The van der Waals surface area contributed by atoms with E-state index in [0.717, 1.165) is 12.8 Å². The van der Waals surface area contributed by atoms with Gasteiger partial charge < -0.3 is 32.7 Å². The lowest BCUT2D eigenvalue weighted by Gasteiger charge is -2.36. The Hall–Kier alpha value is -2.19. The van der Waals surface area contributed by atoms with Crippen molar-refractivity contribution in [2.45, 2.75) is 37.0 Å². The highest BCUT2D eigenvalue weighted by molar-refractivity contribution is 7.13. The number of nitrogens with zero attached hydrogens (tertiary/aromatic N) is 7. The Morgan fingerprint density at radius 3 is 1.75 bits per heavy atom. The second-order valence-corrected chi connectivity index (χ2v) is 8.28. The standard InChI is InChI=1S/C15H26N12S/c16-8-1-9(17)4-26(3-8)13-21-12(23-15-25-20-7-28-15)22-14(24-13)27-5-10(18)2-11(19)6-27/h7-11H,1-6,16-19H2,(H,21,22,23,24,25)/t8-,9+,10-,11+. The molecule has 0 saturated carbocycles. The van der Waals surface area contributed by atoms with Crippen LogP contribution < -0.4 is 38.1 Å². The molecule has 0 amide bonds. The van der Waals surface area contributed by atoms with Crippen molar-refractivity contribution in [2.24, 2.45) is 22.9 Å². The van der Waals surface area contributed by atoms with E-state index in [1.54, 1.807) is 5.51 Å². The van der Waals surface area contributed by atoms with Crippen molar-refractivity contribution in [3.63, 3.8) is 0 Å². The molecule has 4 atom stereocenters. The number of rotatable bonds is 4. The van der Waals surface area contributed by atoms with Crippen LogP contribution in [-0.4, -0.2) is 75.5 Å². The zero-order valence-electron chi connectivity index (χ0n) is 15.5. The summed E-state index contributed by atoms with van der Waals surface area (Å²) in [7, 11) is 0. The van der Waals surface area contributed by atoms with Crippen LogP contribution in [0.1, 0.15) is 12.8 Å². The lowest BCUT2D eigenvalue weighted by Crippen LogP contribution is -2.54. The molecule has 2 fully saturated rings. The van der Waals surface area contributed by atoms with Gasteiger partial charge in [0.15, 0.2) is 0 Å². The van der Waals surface area contributed by atoms with Crippen molar-refractivity contribution in [1.29, 1.82) is 0 Å². The summed E-state index contributed by atoms with van der Waals surface area (Å²) in [6.45, 7) is 2.53. The summed E-state index contributed by atoms with van der Waals surface area (Å²) in [5, 5.41) is 11.5. The Labute approximate surface area is 166 Å². The summed E-state index contributed by atoms with van der Waals surface area (Å²) in [6, 6.07) is -0.110. The van der Waals surface area contributed by atoms with Crippen LogP contribution >= 0.6 is 11.3 Å². The fourth-order valence-corrected chi connectivity index (χ4v) is 4.14. The highest BCUT2D eigenvalue weighted by Gasteiger charge is 2.28. The van der Waals surface area contributed by atoms with Gasteiger partial charge in [-0.3, -0.25) is 5.32 Å². The first-order valence-corrected chi connectivity index (χ1v) is 10.2. The first kappa shape index (κ1) is 19.1. The van der Waals surface area contributed by atoms with Crippen LogP contribution in [0, 0.1) is 0 Å². The van der Waals surface area contributed by atoms with E-state index in [-0.39, 0.29) is 24.2 Å². The maximum absolute atomic E-state index is 6.15. The average Bonchev–Trinajstić information content (AvgIpc) is 3.13. The molecule has 2 aliphatic rings. The number of nitrogens with two attached hydrogens (primary N) is 4. The van der Waals surface area contributed by atoms with E-state index in [1.807, 2.05) is 9.80 Å². The van der Waals surface area contributed by atoms with Crippen LogP contribution in [0.4, 0.5) is 23.0 Å². The predicted molar refractivity (Wildman–Crippen MR) is 109 cm³/mol. The number of aromatic nitrogens is 5. The van der Waals surface area contributed by atoms with Crippen molar-refractivity contribution < 1.29 is 0 Å². The molecule has 0 bridgehead atoms. The maximum atomic E-state index is 6.15. The fourth-order valence-electron chi connectivity index (χ4n) is 3.70. The lowest BCUT2D eigenvalue weighted by atomic mass is 10.0. The van der Waals surface area contributed by atoms with Crippen molar-refractivity contribution in [1.82, 2.24) is 25.1 Å². The smallest absolute Gasteiger partial charge is 0.235 e. The van der Waals surface area contributed by atoms with Gasteiger partial charge in [-0.15, -0.1) is 10.2 Å². The third kappa shape index (κ3) is 4.44. The molecule has 0 radical (unpaired) electrons. The quantitative estimate of drug-likeness (QED) is 0.384. The van der Waals surface area contributed by atoms with Gasteiger partial charge in [-0.1, -0.05) is 11.3 Å². The Morgan fingerprint density at radius 1 is 0.821 bits per heavy atom. The SMILES string of the molecule is N[C@@H]1C[C@H](N)CN(c2nc(Nc3nncs3)nc(N3C[C@H](N)C[C@H](N)C3)n2)C1. The first-order valence-electron chi connectivity index (χ1n) is 9.27. The molecule has 2 saturated heterocycles. The van der Waals surface area contributed by atoms with Gasteiger partial charge >= 0.3 is 0 Å². The molecule has 0 aliphatic carbocycles. The summed E-state index contributed by atoms with van der Waals surface area (Å²) in [5.74, 6) is 1.43. The monoisotopic (exact) mass is 406 g/mol. The topological polar surface area (TPSA) is 187 Å². The molecule has 2 aromatic rings. The minimum atomic E-state index is -0.0274. The van der Waals surface area contributed by atoms with Crippen molar-refractivity contribution in [3.05, 3.63) is 5.51 Å². The highest BCUT2D eigenvalue weighted by Crippen LogP contribution is 2.23. The minimum absolute atomic E-state index is 0.0274. The van der Waals surface area contributed by atoms with Crippen LogP contribution in [0.3, 0.4) is 0 Å². The van der Waals surface area contributed by atoms with Crippen LogP contribution in [0.25, 0.3) is 0 Å². The Kier molecular flexibility index (Phi) is 5.50. The summed E-state index contributed by atoms with van der Waals surface area (Å²) in [5.41, 5.74) is 26.2. The Bertz CT molecular complexity index is 721. The lowest BCUT2D eigenvalue weighted by molar-refractivity contribution is 0.441. The number of nitrogens with one attached hydrogen (secondary N) is 1.